The van der Waals surface area contributed by atoms with Crippen molar-refractivity contribution < 1.29 is 19.5 Å². The van der Waals surface area contributed by atoms with E-state index in [0.717, 1.165) is 17.3 Å². The highest BCUT2D eigenvalue weighted by Gasteiger charge is 2.35. The highest BCUT2D eigenvalue weighted by Crippen LogP contribution is 2.20. The van der Waals surface area contributed by atoms with Crippen molar-refractivity contribution in [3.05, 3.63) is 34.3 Å². The van der Waals surface area contributed by atoms with Gasteiger partial charge in [0.2, 0.25) is 5.91 Å². The number of hydrogen-bond donors (Lipinski definition) is 3. The van der Waals surface area contributed by atoms with Gasteiger partial charge in [-0.05, 0) is 43.0 Å². The lowest BCUT2D eigenvalue weighted by Gasteiger charge is -2.30. The SMILES string of the molecule is CC(C)C(NC(=O)O)C(=O)N1CCCC1CNC(=O)c1ccc(Br)cc1. The van der Waals surface area contributed by atoms with Crippen LogP contribution >= 0.6 is 15.9 Å². The van der Waals surface area contributed by atoms with Crippen LogP contribution in [0, 0.1) is 5.92 Å². The molecule has 3 N–H and O–H groups in total. The fourth-order valence-corrected chi connectivity index (χ4v) is 3.34. The van der Waals surface area contributed by atoms with Crippen molar-refractivity contribution in [2.75, 3.05) is 13.1 Å². The van der Waals surface area contributed by atoms with Crippen LogP contribution in [-0.4, -0.2) is 53.1 Å². The fraction of sp³-hybridized carbons (Fsp3) is 0.500. The highest BCUT2D eigenvalue weighted by molar-refractivity contribution is 9.10. The molecular weight excluding hydrogens is 402 g/mol. The van der Waals surface area contributed by atoms with E-state index in [9.17, 15) is 14.4 Å². The lowest BCUT2D eigenvalue weighted by atomic mass is 10.0. The average molecular weight is 426 g/mol. The van der Waals surface area contributed by atoms with Crippen molar-refractivity contribution in [1.82, 2.24) is 15.5 Å². The van der Waals surface area contributed by atoms with Crippen LogP contribution in [0.2, 0.25) is 0 Å². The Hall–Kier alpha value is -2.09. The number of carboxylic acid groups (broad SMARTS) is 1. The number of amides is 3. The maximum atomic E-state index is 12.8. The predicted molar refractivity (Wildman–Crippen MR) is 101 cm³/mol. The number of carbonyl (C=O) groups excluding carboxylic acids is 2. The molecule has 0 radical (unpaired) electrons. The van der Waals surface area contributed by atoms with Crippen LogP contribution in [0.15, 0.2) is 28.7 Å². The van der Waals surface area contributed by atoms with Gasteiger partial charge >= 0.3 is 6.09 Å². The molecular formula is C18H24BrN3O4. The van der Waals surface area contributed by atoms with Crippen LogP contribution in [0.25, 0.3) is 0 Å². The number of nitrogens with zero attached hydrogens (tertiary/aromatic N) is 1. The summed E-state index contributed by atoms with van der Waals surface area (Å²) in [6.45, 7) is 4.53. The molecule has 2 rings (SSSR count). The molecule has 0 aromatic heterocycles. The van der Waals surface area contributed by atoms with Crippen LogP contribution in [0.5, 0.6) is 0 Å². The summed E-state index contributed by atoms with van der Waals surface area (Å²) in [7, 11) is 0. The molecule has 1 fully saturated rings. The second kappa shape index (κ2) is 9.02. The molecule has 26 heavy (non-hydrogen) atoms. The van der Waals surface area contributed by atoms with E-state index in [0.29, 0.717) is 18.7 Å². The van der Waals surface area contributed by atoms with Gasteiger partial charge in [0.15, 0.2) is 0 Å². The summed E-state index contributed by atoms with van der Waals surface area (Å²) < 4.78 is 0.896. The molecule has 0 spiro atoms. The standard InChI is InChI=1S/C18H24BrN3O4/c1-11(2)15(21-18(25)26)17(24)22-9-3-4-14(22)10-20-16(23)12-5-7-13(19)8-6-12/h5-8,11,14-15,21H,3-4,9-10H2,1-2H3,(H,20,23)(H,25,26). The first kappa shape index (κ1) is 20.2. The Morgan fingerprint density at radius 2 is 1.92 bits per heavy atom. The van der Waals surface area contributed by atoms with E-state index in [1.165, 1.54) is 0 Å². The van der Waals surface area contributed by atoms with E-state index < -0.39 is 12.1 Å². The van der Waals surface area contributed by atoms with Crippen molar-refractivity contribution in [3.63, 3.8) is 0 Å². The van der Waals surface area contributed by atoms with Crippen molar-refractivity contribution in [2.24, 2.45) is 5.92 Å². The molecule has 1 aliphatic heterocycles. The van der Waals surface area contributed by atoms with Gasteiger partial charge in [-0.15, -0.1) is 0 Å². The largest absolute Gasteiger partial charge is 0.465 e. The van der Waals surface area contributed by atoms with E-state index in [1.54, 1.807) is 43.0 Å². The van der Waals surface area contributed by atoms with Gasteiger partial charge in [-0.2, -0.15) is 0 Å². The molecule has 142 valence electrons. The Morgan fingerprint density at radius 3 is 2.50 bits per heavy atom. The third-order valence-corrected chi connectivity index (χ3v) is 5.01. The molecule has 0 saturated carbocycles. The summed E-state index contributed by atoms with van der Waals surface area (Å²) in [6, 6.07) is 6.13. The number of hydrogen-bond acceptors (Lipinski definition) is 3. The van der Waals surface area contributed by atoms with Crippen LogP contribution in [0.4, 0.5) is 4.79 Å². The lowest BCUT2D eigenvalue weighted by Crippen LogP contribution is -2.53. The minimum atomic E-state index is -1.21. The summed E-state index contributed by atoms with van der Waals surface area (Å²) in [4.78, 5) is 37.7. The van der Waals surface area contributed by atoms with Gasteiger partial charge in [0, 0.05) is 29.2 Å². The van der Waals surface area contributed by atoms with E-state index in [4.69, 9.17) is 5.11 Å². The summed E-state index contributed by atoms with van der Waals surface area (Å²) in [6.07, 6.45) is 0.406. The Bertz CT molecular complexity index is 663. The highest BCUT2D eigenvalue weighted by atomic mass is 79.9. The van der Waals surface area contributed by atoms with E-state index >= 15 is 0 Å². The first-order valence-corrected chi connectivity index (χ1v) is 9.42. The molecule has 0 bridgehead atoms. The van der Waals surface area contributed by atoms with Crippen molar-refractivity contribution in [1.29, 1.82) is 0 Å². The molecule has 2 atom stereocenters. The average Bonchev–Trinajstić information content (AvgIpc) is 3.05. The maximum absolute atomic E-state index is 12.8. The Morgan fingerprint density at radius 1 is 1.27 bits per heavy atom. The normalized spacial score (nSPS) is 17.8. The van der Waals surface area contributed by atoms with Gasteiger partial charge in [-0.25, -0.2) is 4.79 Å². The smallest absolute Gasteiger partial charge is 0.405 e. The first-order valence-electron chi connectivity index (χ1n) is 8.63. The maximum Gasteiger partial charge on any atom is 0.405 e. The number of nitrogens with one attached hydrogen (secondary N) is 2. The zero-order valence-corrected chi connectivity index (χ0v) is 16.5. The summed E-state index contributed by atoms with van der Waals surface area (Å²) >= 11 is 3.33. The van der Waals surface area contributed by atoms with Gasteiger partial charge in [0.1, 0.15) is 6.04 Å². The number of carbonyl (C=O) groups is 3. The number of benzene rings is 1. The summed E-state index contributed by atoms with van der Waals surface area (Å²) in [5.74, 6) is -0.583. The minimum Gasteiger partial charge on any atom is -0.465 e. The molecule has 1 heterocycles. The number of likely N-dealkylation sites (tertiary alicyclic amines) is 1. The van der Waals surface area contributed by atoms with Crippen LogP contribution in [-0.2, 0) is 4.79 Å². The second-order valence-corrected chi connectivity index (χ2v) is 7.63. The van der Waals surface area contributed by atoms with Crippen LogP contribution in [0.3, 0.4) is 0 Å². The predicted octanol–water partition coefficient (Wildman–Crippen LogP) is 2.46. The first-order chi connectivity index (χ1) is 12.3. The minimum absolute atomic E-state index is 0.126. The monoisotopic (exact) mass is 425 g/mol. The lowest BCUT2D eigenvalue weighted by molar-refractivity contribution is -0.135. The van der Waals surface area contributed by atoms with Gasteiger partial charge in [-0.1, -0.05) is 29.8 Å². The van der Waals surface area contributed by atoms with Gasteiger partial charge in [0.25, 0.3) is 5.91 Å². The molecule has 1 aromatic rings. The van der Waals surface area contributed by atoms with Gasteiger partial charge in [0.05, 0.1) is 0 Å². The molecule has 3 amide bonds. The van der Waals surface area contributed by atoms with E-state index in [2.05, 4.69) is 26.6 Å². The van der Waals surface area contributed by atoms with Gasteiger partial charge in [-0.3, -0.25) is 9.59 Å². The Kier molecular flexibility index (Phi) is 7.02. The van der Waals surface area contributed by atoms with Crippen molar-refractivity contribution in [2.45, 2.75) is 38.8 Å². The fourth-order valence-electron chi connectivity index (χ4n) is 3.08. The summed E-state index contributed by atoms with van der Waals surface area (Å²) in [5.41, 5.74) is 0.552. The van der Waals surface area contributed by atoms with Crippen molar-refractivity contribution >= 4 is 33.8 Å². The van der Waals surface area contributed by atoms with Crippen molar-refractivity contribution in [3.8, 4) is 0 Å². The zero-order valence-electron chi connectivity index (χ0n) is 14.9. The van der Waals surface area contributed by atoms with Crippen LogP contribution < -0.4 is 10.6 Å². The molecule has 1 saturated heterocycles. The topological polar surface area (TPSA) is 98.7 Å². The third-order valence-electron chi connectivity index (χ3n) is 4.48. The second-order valence-electron chi connectivity index (χ2n) is 6.72. The van der Waals surface area contributed by atoms with Crippen LogP contribution in [0.1, 0.15) is 37.0 Å². The summed E-state index contributed by atoms with van der Waals surface area (Å²) in [5, 5.41) is 14.1. The third kappa shape index (κ3) is 5.20. The molecule has 2 unspecified atom stereocenters. The zero-order chi connectivity index (χ0) is 19.3. The quantitative estimate of drug-likeness (QED) is 0.651. The molecule has 0 aliphatic carbocycles. The molecule has 7 nitrogen and oxygen atoms in total. The number of rotatable bonds is 6. The molecule has 1 aromatic carbocycles. The van der Waals surface area contributed by atoms with Gasteiger partial charge < -0.3 is 20.6 Å². The molecule has 1 aliphatic rings. The van der Waals surface area contributed by atoms with E-state index in [-0.39, 0.29) is 23.8 Å². The molecule has 8 heteroatoms. The Labute approximate surface area is 161 Å². The number of halogens is 1. The van der Waals surface area contributed by atoms with E-state index in [1.807, 2.05) is 0 Å². The Balaban J connectivity index is 1.98.